The summed E-state index contributed by atoms with van der Waals surface area (Å²) >= 11 is 0. The molecule has 0 bridgehead atoms. The molecule has 0 N–H and O–H groups in total. The standard InChI is InChI=1S/C75H118O6/c1-4-7-10-13-16-19-22-25-28-31-33-35-36-37-38-40-41-44-47-50-53-56-59-62-65-68-74(77)80-71-72(70-79-73(76)67-64-61-58-55-52-49-46-43-30-27-24-21-18-15-12-9-6-3)81-75(78)69-66-63-60-57-54-51-48-45-42-39-34-32-29-26-23-20-17-14-11-8-5-2/h7,9-10,12,16,18-19,21,23,25-28,30,32-35,37-38,41-42,44-46,49-50,53,72H,4-6,8,11,13-15,17,20,22,24,29,31,36,39-40,43,47-48,51-52,54-71H2,1-3H3/b10-7-,12-9-,19-16-,21-18-,26-23-,28-25-,30-27-,34-32-,35-33-,38-37-,44-41-,45-42-,49-46-,53-50-. The predicted molar refractivity (Wildman–Crippen MR) is 352 cm³/mol. The van der Waals surface area contributed by atoms with Gasteiger partial charge in [-0.05, 0) is 154 Å². The summed E-state index contributed by atoms with van der Waals surface area (Å²) in [5.41, 5.74) is 0. The quantitative estimate of drug-likeness (QED) is 0.0261. The van der Waals surface area contributed by atoms with Gasteiger partial charge in [0.05, 0.1) is 0 Å². The van der Waals surface area contributed by atoms with Gasteiger partial charge in [-0.15, -0.1) is 0 Å². The molecule has 0 saturated carbocycles. The average Bonchev–Trinajstić information content (AvgIpc) is 3.47. The summed E-state index contributed by atoms with van der Waals surface area (Å²) in [5.74, 6) is -0.987. The second-order valence-electron chi connectivity index (χ2n) is 20.9. The lowest BCUT2D eigenvalue weighted by molar-refractivity contribution is -0.167. The molecular weight excluding hydrogens is 997 g/mol. The number of carbonyl (C=O) groups excluding carboxylic acids is 3. The third-order valence-corrected chi connectivity index (χ3v) is 13.2. The monoisotopic (exact) mass is 1110 g/mol. The molecule has 0 amide bonds. The van der Waals surface area contributed by atoms with Crippen LogP contribution in [-0.4, -0.2) is 37.2 Å². The van der Waals surface area contributed by atoms with E-state index >= 15 is 0 Å². The Morgan fingerprint density at radius 1 is 0.259 bits per heavy atom. The molecule has 0 saturated heterocycles. The highest BCUT2D eigenvalue weighted by Crippen LogP contribution is 2.13. The Labute approximate surface area is 498 Å². The summed E-state index contributed by atoms with van der Waals surface area (Å²) in [4.78, 5) is 38.4. The van der Waals surface area contributed by atoms with E-state index in [1.807, 2.05) is 0 Å². The normalized spacial score (nSPS) is 13.3. The number of allylic oxidation sites excluding steroid dienone is 28. The first-order chi connectivity index (χ1) is 40.0. The highest BCUT2D eigenvalue weighted by Gasteiger charge is 2.19. The zero-order valence-corrected chi connectivity index (χ0v) is 52.0. The summed E-state index contributed by atoms with van der Waals surface area (Å²) in [6.45, 7) is 6.34. The summed E-state index contributed by atoms with van der Waals surface area (Å²) in [6.07, 6.45) is 99.2. The van der Waals surface area contributed by atoms with E-state index in [2.05, 4.69) is 191 Å². The molecule has 0 rings (SSSR count). The van der Waals surface area contributed by atoms with Crippen LogP contribution in [0.1, 0.15) is 265 Å². The van der Waals surface area contributed by atoms with E-state index in [1.54, 1.807) is 0 Å². The van der Waals surface area contributed by atoms with E-state index in [0.717, 1.165) is 173 Å². The molecule has 6 nitrogen and oxygen atoms in total. The second kappa shape index (κ2) is 67.3. The predicted octanol–water partition coefficient (Wildman–Crippen LogP) is 22.7. The lowest BCUT2D eigenvalue weighted by Crippen LogP contribution is -2.30. The van der Waals surface area contributed by atoms with Crippen LogP contribution in [0.5, 0.6) is 0 Å². The minimum absolute atomic E-state index is 0.115. The summed E-state index contributed by atoms with van der Waals surface area (Å²) in [7, 11) is 0. The van der Waals surface area contributed by atoms with E-state index in [0.29, 0.717) is 19.3 Å². The van der Waals surface area contributed by atoms with Crippen LogP contribution in [0.4, 0.5) is 0 Å². The van der Waals surface area contributed by atoms with E-state index in [-0.39, 0.29) is 31.1 Å². The molecule has 1 unspecified atom stereocenters. The lowest BCUT2D eigenvalue weighted by atomic mass is 10.1. The number of ether oxygens (including phenoxy) is 3. The van der Waals surface area contributed by atoms with Gasteiger partial charge in [-0.3, -0.25) is 14.4 Å². The lowest BCUT2D eigenvalue weighted by Gasteiger charge is -2.18. The highest BCUT2D eigenvalue weighted by atomic mass is 16.6. The molecule has 0 aliphatic heterocycles. The fraction of sp³-hybridized carbons (Fsp3) is 0.587. The fourth-order valence-electron chi connectivity index (χ4n) is 8.36. The maximum absolute atomic E-state index is 12.9. The van der Waals surface area contributed by atoms with E-state index in [4.69, 9.17) is 14.2 Å². The van der Waals surface area contributed by atoms with Crippen LogP contribution in [0, 0.1) is 0 Å². The van der Waals surface area contributed by atoms with Crippen molar-refractivity contribution in [3.63, 3.8) is 0 Å². The SMILES string of the molecule is CC/C=C\C/C=C\C/C=C\C/C=C\C/C=C\C/C=C\C/C=C\CCCCCC(=O)OCC(COC(=O)CCCCCC/C=C\C/C=C\C/C=C\C/C=C\CC)OC(=O)CCCCCCCC/C=C\C/C=C\C/C=C\CCCCCCC. The number of esters is 3. The van der Waals surface area contributed by atoms with Crippen LogP contribution >= 0.6 is 0 Å². The first kappa shape index (κ1) is 75.8. The van der Waals surface area contributed by atoms with Gasteiger partial charge in [0, 0.05) is 19.3 Å². The van der Waals surface area contributed by atoms with Crippen molar-refractivity contribution in [2.24, 2.45) is 0 Å². The van der Waals surface area contributed by atoms with E-state index in [9.17, 15) is 14.4 Å². The smallest absolute Gasteiger partial charge is 0.306 e. The molecule has 0 spiro atoms. The van der Waals surface area contributed by atoms with Gasteiger partial charge in [-0.1, -0.05) is 262 Å². The Kier molecular flexibility index (Phi) is 62.9. The Morgan fingerprint density at radius 2 is 0.481 bits per heavy atom. The number of hydrogen-bond acceptors (Lipinski definition) is 6. The van der Waals surface area contributed by atoms with Gasteiger partial charge in [-0.25, -0.2) is 0 Å². The summed E-state index contributed by atoms with van der Waals surface area (Å²) in [6, 6.07) is 0. The zero-order chi connectivity index (χ0) is 58.5. The van der Waals surface area contributed by atoms with Gasteiger partial charge in [0.1, 0.15) is 13.2 Å². The Hall–Kier alpha value is -5.23. The largest absolute Gasteiger partial charge is 0.462 e. The van der Waals surface area contributed by atoms with Gasteiger partial charge in [0.15, 0.2) is 6.10 Å². The summed E-state index contributed by atoms with van der Waals surface area (Å²) < 4.78 is 16.9. The molecule has 6 heteroatoms. The maximum atomic E-state index is 12.9. The van der Waals surface area contributed by atoms with Gasteiger partial charge in [0.25, 0.3) is 0 Å². The molecule has 0 heterocycles. The average molecular weight is 1120 g/mol. The molecule has 0 fully saturated rings. The third-order valence-electron chi connectivity index (χ3n) is 13.2. The van der Waals surface area contributed by atoms with Gasteiger partial charge in [-0.2, -0.15) is 0 Å². The van der Waals surface area contributed by atoms with Crippen molar-refractivity contribution in [1.29, 1.82) is 0 Å². The van der Waals surface area contributed by atoms with Crippen LogP contribution in [0.3, 0.4) is 0 Å². The Balaban J connectivity index is 4.55. The van der Waals surface area contributed by atoms with Gasteiger partial charge in [0.2, 0.25) is 0 Å². The zero-order valence-electron chi connectivity index (χ0n) is 52.0. The Morgan fingerprint density at radius 3 is 0.765 bits per heavy atom. The molecule has 0 aromatic carbocycles. The van der Waals surface area contributed by atoms with Crippen LogP contribution in [0.15, 0.2) is 170 Å². The molecule has 0 aliphatic rings. The van der Waals surface area contributed by atoms with Crippen molar-refractivity contribution in [3.05, 3.63) is 170 Å². The molecular formula is C75H118O6. The first-order valence-electron chi connectivity index (χ1n) is 32.6. The number of carbonyl (C=O) groups is 3. The molecule has 454 valence electrons. The number of unbranched alkanes of at least 4 members (excludes halogenated alkanes) is 18. The van der Waals surface area contributed by atoms with Gasteiger partial charge >= 0.3 is 17.9 Å². The molecule has 81 heavy (non-hydrogen) atoms. The van der Waals surface area contributed by atoms with Crippen molar-refractivity contribution in [3.8, 4) is 0 Å². The number of rotatable bonds is 57. The third kappa shape index (κ3) is 65.5. The van der Waals surface area contributed by atoms with Crippen molar-refractivity contribution in [1.82, 2.24) is 0 Å². The van der Waals surface area contributed by atoms with Crippen LogP contribution in [0.2, 0.25) is 0 Å². The maximum Gasteiger partial charge on any atom is 0.306 e. The molecule has 0 radical (unpaired) electrons. The van der Waals surface area contributed by atoms with E-state index in [1.165, 1.54) is 51.4 Å². The molecule has 0 aromatic rings. The fourth-order valence-corrected chi connectivity index (χ4v) is 8.36. The number of hydrogen-bond donors (Lipinski definition) is 0. The Bertz CT molecular complexity index is 1860. The molecule has 0 aromatic heterocycles. The minimum atomic E-state index is -0.821. The van der Waals surface area contributed by atoms with Crippen LogP contribution in [-0.2, 0) is 28.6 Å². The van der Waals surface area contributed by atoms with Gasteiger partial charge < -0.3 is 14.2 Å². The van der Waals surface area contributed by atoms with Crippen molar-refractivity contribution in [2.75, 3.05) is 13.2 Å². The highest BCUT2D eigenvalue weighted by molar-refractivity contribution is 5.71. The van der Waals surface area contributed by atoms with Crippen LogP contribution < -0.4 is 0 Å². The topological polar surface area (TPSA) is 78.9 Å². The first-order valence-corrected chi connectivity index (χ1v) is 32.6. The molecule has 1 atom stereocenters. The van der Waals surface area contributed by atoms with Crippen molar-refractivity contribution in [2.45, 2.75) is 271 Å². The second-order valence-corrected chi connectivity index (χ2v) is 20.9. The van der Waals surface area contributed by atoms with Crippen molar-refractivity contribution < 1.29 is 28.6 Å². The minimum Gasteiger partial charge on any atom is -0.462 e. The summed E-state index contributed by atoms with van der Waals surface area (Å²) in [5, 5.41) is 0. The van der Waals surface area contributed by atoms with E-state index < -0.39 is 6.10 Å². The molecule has 0 aliphatic carbocycles. The van der Waals surface area contributed by atoms with Crippen LogP contribution in [0.25, 0.3) is 0 Å². The van der Waals surface area contributed by atoms with Crippen molar-refractivity contribution >= 4 is 17.9 Å².